The highest BCUT2D eigenvalue weighted by atomic mass is 35.5. The molecule has 7 heteroatoms. The van der Waals surface area contributed by atoms with Gasteiger partial charge >= 0.3 is 0 Å². The minimum Gasteiger partial charge on any atom is -0.326 e. The highest BCUT2D eigenvalue weighted by Crippen LogP contribution is 2.24. The van der Waals surface area contributed by atoms with Crippen LogP contribution < -0.4 is 10.5 Å². The number of nitrogens with one attached hydrogen (secondary N) is 1. The molecule has 1 aromatic carbocycles. The van der Waals surface area contributed by atoms with Crippen molar-refractivity contribution in [3.8, 4) is 0 Å². The van der Waals surface area contributed by atoms with Gasteiger partial charge in [-0.25, -0.2) is 17.5 Å². The Morgan fingerprint density at radius 2 is 1.95 bits per heavy atom. The number of halogens is 2. The molecule has 4 nitrogen and oxygen atoms in total. The number of hydrogen-bond donors (Lipinski definition) is 2. The van der Waals surface area contributed by atoms with Crippen LogP contribution in [0.2, 0.25) is 5.02 Å². The van der Waals surface area contributed by atoms with E-state index >= 15 is 0 Å². The molecule has 3 N–H and O–H groups in total. The fourth-order valence-electron chi connectivity index (χ4n) is 1.66. The summed E-state index contributed by atoms with van der Waals surface area (Å²) in [7, 11) is -3.76. The van der Waals surface area contributed by atoms with E-state index in [4.69, 9.17) is 17.3 Å². The molecule has 0 aliphatic carbocycles. The summed E-state index contributed by atoms with van der Waals surface area (Å²) in [6, 6.07) is 2.03. The molecule has 0 unspecified atom stereocenters. The molecule has 0 atom stereocenters. The number of benzene rings is 1. The van der Waals surface area contributed by atoms with Crippen molar-refractivity contribution in [3.05, 3.63) is 28.5 Å². The Morgan fingerprint density at radius 3 is 2.42 bits per heavy atom. The Morgan fingerprint density at radius 1 is 1.37 bits per heavy atom. The molecule has 0 radical (unpaired) electrons. The van der Waals surface area contributed by atoms with E-state index in [0.29, 0.717) is 12.8 Å². The molecule has 1 aromatic rings. The van der Waals surface area contributed by atoms with Gasteiger partial charge < -0.3 is 5.73 Å². The van der Waals surface area contributed by atoms with Gasteiger partial charge in [0.1, 0.15) is 5.82 Å². The third kappa shape index (κ3) is 3.89. The standard InChI is InChI=1S/C12H18ClFN2O2S/c1-3-9(4-2)16-19(17,18)10-5-8(7-15)12(13)11(14)6-10/h5-6,9,16H,3-4,7,15H2,1-2H3. The van der Waals surface area contributed by atoms with E-state index in [1.54, 1.807) is 0 Å². The Labute approximate surface area is 118 Å². The topological polar surface area (TPSA) is 72.2 Å². The minimum absolute atomic E-state index is 0.0237. The average Bonchev–Trinajstić information content (AvgIpc) is 2.38. The zero-order valence-corrected chi connectivity index (χ0v) is 12.5. The van der Waals surface area contributed by atoms with Crippen molar-refractivity contribution in [2.24, 2.45) is 5.73 Å². The lowest BCUT2D eigenvalue weighted by molar-refractivity contribution is 0.529. The maximum Gasteiger partial charge on any atom is 0.240 e. The van der Waals surface area contributed by atoms with Gasteiger partial charge in [0.05, 0.1) is 9.92 Å². The number of nitrogens with two attached hydrogens (primary N) is 1. The highest BCUT2D eigenvalue weighted by Gasteiger charge is 2.21. The maximum absolute atomic E-state index is 13.6. The zero-order chi connectivity index (χ0) is 14.6. The van der Waals surface area contributed by atoms with Gasteiger partial charge in [0.15, 0.2) is 0 Å². The fraction of sp³-hybridized carbons (Fsp3) is 0.500. The first-order chi connectivity index (χ1) is 8.85. The van der Waals surface area contributed by atoms with Crippen LogP contribution in [0.3, 0.4) is 0 Å². The minimum atomic E-state index is -3.76. The van der Waals surface area contributed by atoms with Crippen molar-refractivity contribution < 1.29 is 12.8 Å². The van der Waals surface area contributed by atoms with Crippen molar-refractivity contribution >= 4 is 21.6 Å². The lowest BCUT2D eigenvalue weighted by Crippen LogP contribution is -2.34. The van der Waals surface area contributed by atoms with Crippen molar-refractivity contribution in [1.29, 1.82) is 0 Å². The Kier molecular flexibility index (Phi) is 5.73. The summed E-state index contributed by atoms with van der Waals surface area (Å²) in [5.41, 5.74) is 5.69. The van der Waals surface area contributed by atoms with E-state index in [2.05, 4.69) is 4.72 Å². The van der Waals surface area contributed by atoms with E-state index in [-0.39, 0.29) is 28.1 Å². The summed E-state index contributed by atoms with van der Waals surface area (Å²) in [6.45, 7) is 3.74. The van der Waals surface area contributed by atoms with Crippen LogP contribution in [-0.4, -0.2) is 14.5 Å². The van der Waals surface area contributed by atoms with Gasteiger partial charge in [-0.3, -0.25) is 0 Å². The second-order valence-electron chi connectivity index (χ2n) is 4.22. The van der Waals surface area contributed by atoms with Gasteiger partial charge in [0, 0.05) is 12.6 Å². The molecule has 1 rings (SSSR count). The summed E-state index contributed by atoms with van der Waals surface area (Å²) < 4.78 is 40.4. The molecule has 0 fully saturated rings. The molecule has 0 aromatic heterocycles. The molecule has 19 heavy (non-hydrogen) atoms. The molecule has 0 saturated carbocycles. The van der Waals surface area contributed by atoms with E-state index in [9.17, 15) is 12.8 Å². The number of sulfonamides is 1. The third-order valence-corrected chi connectivity index (χ3v) is 4.84. The highest BCUT2D eigenvalue weighted by molar-refractivity contribution is 7.89. The van der Waals surface area contributed by atoms with Crippen LogP contribution in [0.5, 0.6) is 0 Å². The Balaban J connectivity index is 3.18. The molecule has 0 aliphatic heterocycles. The first kappa shape index (κ1) is 16.4. The quantitative estimate of drug-likeness (QED) is 0.847. The largest absolute Gasteiger partial charge is 0.326 e. The molecular formula is C12H18ClFN2O2S. The number of hydrogen-bond acceptors (Lipinski definition) is 3. The molecular weight excluding hydrogens is 291 g/mol. The molecule has 0 saturated heterocycles. The first-order valence-electron chi connectivity index (χ1n) is 6.06. The van der Waals surface area contributed by atoms with Crippen LogP contribution in [0.15, 0.2) is 17.0 Å². The van der Waals surface area contributed by atoms with Crippen LogP contribution in [-0.2, 0) is 16.6 Å². The van der Waals surface area contributed by atoms with Crippen LogP contribution in [0, 0.1) is 5.82 Å². The smallest absolute Gasteiger partial charge is 0.240 e. The van der Waals surface area contributed by atoms with E-state index in [1.807, 2.05) is 13.8 Å². The molecule has 0 spiro atoms. The fourth-order valence-corrected chi connectivity index (χ4v) is 3.32. The lowest BCUT2D eigenvalue weighted by atomic mass is 10.2. The van der Waals surface area contributed by atoms with Gasteiger partial charge in [0.25, 0.3) is 0 Å². The Hall–Kier alpha value is -0.690. The van der Waals surface area contributed by atoms with Crippen molar-refractivity contribution in [1.82, 2.24) is 4.72 Å². The van der Waals surface area contributed by atoms with Gasteiger partial charge in [-0.1, -0.05) is 25.4 Å². The second kappa shape index (κ2) is 6.65. The molecule has 108 valence electrons. The molecule has 0 heterocycles. The SMILES string of the molecule is CCC(CC)NS(=O)(=O)c1cc(F)c(Cl)c(CN)c1. The predicted octanol–water partition coefficient (Wildman–Crippen LogP) is 2.40. The maximum atomic E-state index is 13.6. The van der Waals surface area contributed by atoms with E-state index in [0.717, 1.165) is 6.07 Å². The predicted molar refractivity (Wildman–Crippen MR) is 74.0 cm³/mol. The molecule has 0 amide bonds. The normalized spacial score (nSPS) is 12.1. The summed E-state index contributed by atoms with van der Waals surface area (Å²) in [4.78, 5) is -0.151. The second-order valence-corrected chi connectivity index (χ2v) is 6.31. The summed E-state index contributed by atoms with van der Waals surface area (Å²) in [6.07, 6.45) is 1.32. The van der Waals surface area contributed by atoms with Gasteiger partial charge in [-0.2, -0.15) is 0 Å². The Bertz CT molecular complexity index is 545. The average molecular weight is 309 g/mol. The first-order valence-corrected chi connectivity index (χ1v) is 7.92. The van der Waals surface area contributed by atoms with Crippen molar-refractivity contribution in [2.45, 2.75) is 44.2 Å². The number of rotatable bonds is 6. The third-order valence-electron chi connectivity index (χ3n) is 2.91. The monoisotopic (exact) mass is 308 g/mol. The van der Waals surface area contributed by atoms with Gasteiger partial charge in [0.2, 0.25) is 10.0 Å². The summed E-state index contributed by atoms with van der Waals surface area (Å²) in [5.74, 6) is -0.783. The lowest BCUT2D eigenvalue weighted by Gasteiger charge is -2.16. The summed E-state index contributed by atoms with van der Waals surface area (Å²) >= 11 is 5.71. The van der Waals surface area contributed by atoms with E-state index in [1.165, 1.54) is 6.07 Å². The van der Waals surface area contributed by atoms with Crippen LogP contribution in [0.1, 0.15) is 32.3 Å². The van der Waals surface area contributed by atoms with Crippen LogP contribution in [0.4, 0.5) is 4.39 Å². The van der Waals surface area contributed by atoms with Crippen molar-refractivity contribution in [2.75, 3.05) is 0 Å². The van der Waals surface area contributed by atoms with Crippen molar-refractivity contribution in [3.63, 3.8) is 0 Å². The summed E-state index contributed by atoms with van der Waals surface area (Å²) in [5, 5.41) is -0.135. The molecule has 0 bridgehead atoms. The van der Waals surface area contributed by atoms with Gasteiger partial charge in [-0.05, 0) is 30.5 Å². The van der Waals surface area contributed by atoms with Crippen LogP contribution >= 0.6 is 11.6 Å². The van der Waals surface area contributed by atoms with E-state index < -0.39 is 15.8 Å². The van der Waals surface area contributed by atoms with Crippen LogP contribution in [0.25, 0.3) is 0 Å². The van der Waals surface area contributed by atoms with Gasteiger partial charge in [-0.15, -0.1) is 0 Å². The zero-order valence-electron chi connectivity index (χ0n) is 10.9. The molecule has 0 aliphatic rings.